The van der Waals surface area contributed by atoms with Gasteiger partial charge in [-0.2, -0.15) is 0 Å². The Labute approximate surface area is 72.9 Å². The van der Waals surface area contributed by atoms with Crippen LogP contribution in [-0.2, 0) is 0 Å². The van der Waals surface area contributed by atoms with Crippen molar-refractivity contribution in [3.8, 4) is 5.75 Å². The van der Waals surface area contributed by atoms with Gasteiger partial charge < -0.3 is 4.74 Å². The first kappa shape index (κ1) is 10.3. The molecule has 0 aliphatic heterocycles. The first-order valence-corrected chi connectivity index (χ1v) is 3.42. The van der Waals surface area contributed by atoms with Gasteiger partial charge in [0.25, 0.3) is 0 Å². The topological polar surface area (TPSA) is 9.23 Å². The molecule has 0 unspecified atom stereocenters. The molecule has 1 nitrogen and oxygen atoms in total. The molecule has 0 aromatic heterocycles. The molecular formula is C9H13ClO. The van der Waals surface area contributed by atoms with Gasteiger partial charge in [0.1, 0.15) is 5.75 Å². The van der Waals surface area contributed by atoms with Gasteiger partial charge >= 0.3 is 0 Å². The Morgan fingerprint density at radius 1 is 1.36 bits per heavy atom. The lowest BCUT2D eigenvalue weighted by Gasteiger charge is -2.02. The largest absolute Gasteiger partial charge is 0.496 e. The first-order valence-electron chi connectivity index (χ1n) is 3.04. The van der Waals surface area contributed by atoms with E-state index in [0.717, 1.165) is 16.3 Å². The van der Waals surface area contributed by atoms with Gasteiger partial charge in [-0.05, 0) is 30.7 Å². The third-order valence-electron chi connectivity index (χ3n) is 1.36. The van der Waals surface area contributed by atoms with Crippen molar-refractivity contribution in [3.63, 3.8) is 0 Å². The highest BCUT2D eigenvalue weighted by atomic mass is 35.5. The van der Waals surface area contributed by atoms with Crippen LogP contribution in [-0.4, -0.2) is 7.11 Å². The van der Waals surface area contributed by atoms with E-state index in [1.807, 2.05) is 25.1 Å². The van der Waals surface area contributed by atoms with Gasteiger partial charge in [-0.25, -0.2) is 0 Å². The van der Waals surface area contributed by atoms with Gasteiger partial charge in [0.2, 0.25) is 0 Å². The summed E-state index contributed by atoms with van der Waals surface area (Å²) < 4.78 is 5.04. The zero-order chi connectivity index (χ0) is 7.56. The van der Waals surface area contributed by atoms with Crippen molar-refractivity contribution in [2.45, 2.75) is 14.4 Å². The average Bonchev–Trinajstić information content (AvgIpc) is 1.88. The van der Waals surface area contributed by atoms with Crippen LogP contribution < -0.4 is 4.74 Å². The lowest BCUT2D eigenvalue weighted by molar-refractivity contribution is 0.411. The molecule has 0 radical (unpaired) electrons. The second-order valence-electron chi connectivity index (χ2n) is 2.11. The molecular weight excluding hydrogens is 160 g/mol. The van der Waals surface area contributed by atoms with Crippen LogP contribution >= 0.6 is 11.6 Å². The number of aryl methyl sites for hydroxylation is 1. The fourth-order valence-corrected chi connectivity index (χ4v) is 1.07. The Morgan fingerprint density at radius 3 is 2.45 bits per heavy atom. The van der Waals surface area contributed by atoms with Crippen LogP contribution in [0, 0.1) is 6.92 Å². The number of methoxy groups -OCH3 is 1. The highest BCUT2D eigenvalue weighted by molar-refractivity contribution is 6.30. The smallest absolute Gasteiger partial charge is 0.121 e. The Bertz CT molecular complexity index is 233. The maximum absolute atomic E-state index is 5.72. The van der Waals surface area contributed by atoms with Crippen LogP contribution in [0.25, 0.3) is 0 Å². The van der Waals surface area contributed by atoms with Gasteiger partial charge in [-0.3, -0.25) is 0 Å². The molecule has 0 heterocycles. The summed E-state index contributed by atoms with van der Waals surface area (Å²) in [7, 11) is 1.65. The van der Waals surface area contributed by atoms with Gasteiger partial charge in [0.15, 0.2) is 0 Å². The van der Waals surface area contributed by atoms with Gasteiger partial charge in [0, 0.05) is 5.02 Å². The third kappa shape index (κ3) is 2.43. The van der Waals surface area contributed by atoms with Gasteiger partial charge in [-0.1, -0.05) is 19.0 Å². The zero-order valence-electron chi connectivity index (χ0n) is 6.02. The van der Waals surface area contributed by atoms with E-state index in [4.69, 9.17) is 16.3 Å². The van der Waals surface area contributed by atoms with Crippen LogP contribution in [0.1, 0.15) is 13.0 Å². The number of hydrogen-bond donors (Lipinski definition) is 0. The fourth-order valence-electron chi connectivity index (χ4n) is 0.842. The molecule has 2 heteroatoms. The minimum absolute atomic E-state index is 0. The summed E-state index contributed by atoms with van der Waals surface area (Å²) in [6.45, 7) is 1.96. The van der Waals surface area contributed by atoms with E-state index >= 15 is 0 Å². The number of halogens is 1. The van der Waals surface area contributed by atoms with E-state index in [0.29, 0.717) is 0 Å². The quantitative estimate of drug-likeness (QED) is 0.632. The summed E-state index contributed by atoms with van der Waals surface area (Å²) >= 11 is 5.72. The molecule has 0 N–H and O–H groups in total. The Hall–Kier alpha value is -0.690. The second kappa shape index (κ2) is 4.24. The molecule has 1 aromatic rings. The van der Waals surface area contributed by atoms with Crippen molar-refractivity contribution in [1.82, 2.24) is 0 Å². The van der Waals surface area contributed by atoms with E-state index in [9.17, 15) is 0 Å². The summed E-state index contributed by atoms with van der Waals surface area (Å²) in [4.78, 5) is 0. The third-order valence-corrected chi connectivity index (χ3v) is 1.59. The summed E-state index contributed by atoms with van der Waals surface area (Å²) in [6.07, 6.45) is 0. The van der Waals surface area contributed by atoms with Gasteiger partial charge in [-0.15, -0.1) is 0 Å². The van der Waals surface area contributed by atoms with Crippen LogP contribution in [0.3, 0.4) is 0 Å². The summed E-state index contributed by atoms with van der Waals surface area (Å²) in [6, 6.07) is 5.55. The van der Waals surface area contributed by atoms with E-state index in [2.05, 4.69) is 0 Å². The molecule has 0 bridgehead atoms. The maximum Gasteiger partial charge on any atom is 0.121 e. The molecule has 0 saturated carbocycles. The molecule has 0 saturated heterocycles. The number of rotatable bonds is 1. The lowest BCUT2D eigenvalue weighted by Crippen LogP contribution is -1.85. The second-order valence-corrected chi connectivity index (χ2v) is 2.55. The normalized spacial score (nSPS) is 8.64. The van der Waals surface area contributed by atoms with Crippen molar-refractivity contribution < 1.29 is 4.74 Å². The molecule has 1 rings (SSSR count). The number of hydrogen-bond acceptors (Lipinski definition) is 1. The standard InChI is InChI=1S/C8H9ClO.CH4/c1-6-5-7(9)3-4-8(6)10-2;/h3-5H,1-2H3;1H4. The molecule has 11 heavy (non-hydrogen) atoms. The monoisotopic (exact) mass is 172 g/mol. The molecule has 0 fully saturated rings. The van der Waals surface area contributed by atoms with Gasteiger partial charge in [0.05, 0.1) is 7.11 Å². The predicted molar refractivity (Wildman–Crippen MR) is 49.5 cm³/mol. The fraction of sp³-hybridized carbons (Fsp3) is 0.333. The van der Waals surface area contributed by atoms with Crippen LogP contribution in [0.2, 0.25) is 5.02 Å². The van der Waals surface area contributed by atoms with Crippen molar-refractivity contribution in [2.24, 2.45) is 0 Å². The molecule has 0 amide bonds. The Kier molecular flexibility index (Phi) is 3.98. The average molecular weight is 173 g/mol. The van der Waals surface area contributed by atoms with Crippen LogP contribution in [0.4, 0.5) is 0 Å². The zero-order valence-corrected chi connectivity index (χ0v) is 6.77. The Morgan fingerprint density at radius 2 is 2.00 bits per heavy atom. The Balaban J connectivity index is 0.000001000. The number of benzene rings is 1. The predicted octanol–water partition coefficient (Wildman–Crippen LogP) is 3.29. The minimum atomic E-state index is 0. The van der Waals surface area contributed by atoms with E-state index in [-0.39, 0.29) is 7.43 Å². The minimum Gasteiger partial charge on any atom is -0.496 e. The van der Waals surface area contributed by atoms with Crippen molar-refractivity contribution in [2.75, 3.05) is 7.11 Å². The number of ether oxygens (including phenoxy) is 1. The maximum atomic E-state index is 5.72. The molecule has 1 aromatic carbocycles. The van der Waals surface area contributed by atoms with Crippen molar-refractivity contribution in [3.05, 3.63) is 28.8 Å². The lowest BCUT2D eigenvalue weighted by atomic mass is 10.2. The highest BCUT2D eigenvalue weighted by Crippen LogP contribution is 2.20. The summed E-state index contributed by atoms with van der Waals surface area (Å²) in [5.41, 5.74) is 1.06. The molecule has 0 aliphatic rings. The van der Waals surface area contributed by atoms with E-state index in [1.54, 1.807) is 7.11 Å². The highest BCUT2D eigenvalue weighted by Gasteiger charge is 1.95. The molecule has 0 aliphatic carbocycles. The summed E-state index contributed by atoms with van der Waals surface area (Å²) in [5, 5.41) is 0.748. The van der Waals surface area contributed by atoms with Crippen LogP contribution in [0.5, 0.6) is 5.75 Å². The molecule has 0 spiro atoms. The molecule has 0 atom stereocenters. The van der Waals surface area contributed by atoms with Crippen molar-refractivity contribution in [1.29, 1.82) is 0 Å². The molecule has 62 valence electrons. The van der Waals surface area contributed by atoms with E-state index in [1.165, 1.54) is 0 Å². The first-order chi connectivity index (χ1) is 4.74. The van der Waals surface area contributed by atoms with Crippen molar-refractivity contribution >= 4 is 11.6 Å². The summed E-state index contributed by atoms with van der Waals surface area (Å²) in [5.74, 6) is 0.879. The van der Waals surface area contributed by atoms with Crippen LogP contribution in [0.15, 0.2) is 18.2 Å². The SMILES string of the molecule is C.COc1ccc(Cl)cc1C. The van der Waals surface area contributed by atoms with E-state index < -0.39 is 0 Å².